The van der Waals surface area contributed by atoms with Crippen molar-refractivity contribution in [1.29, 1.82) is 0 Å². The maximum atomic E-state index is 13.5. The Bertz CT molecular complexity index is 1030. The molecule has 5 rings (SSSR count). The minimum absolute atomic E-state index is 0.0229. The van der Waals surface area contributed by atoms with Crippen LogP contribution in [0.1, 0.15) is 48.2 Å². The highest BCUT2D eigenvalue weighted by molar-refractivity contribution is 5.93. The van der Waals surface area contributed by atoms with Gasteiger partial charge in [0.25, 0.3) is 5.91 Å². The van der Waals surface area contributed by atoms with Crippen LogP contribution in [-0.4, -0.2) is 38.8 Å². The summed E-state index contributed by atoms with van der Waals surface area (Å²) in [6.45, 7) is 0.781. The summed E-state index contributed by atoms with van der Waals surface area (Å²) < 4.78 is 10.8. The van der Waals surface area contributed by atoms with Crippen LogP contribution >= 0.6 is 0 Å². The number of H-pyrrole nitrogens is 1. The quantitative estimate of drug-likeness (QED) is 0.690. The zero-order valence-corrected chi connectivity index (χ0v) is 16.7. The van der Waals surface area contributed by atoms with Crippen molar-refractivity contribution in [2.75, 3.05) is 6.79 Å². The lowest BCUT2D eigenvalue weighted by molar-refractivity contribution is 0.0608. The lowest BCUT2D eigenvalue weighted by atomic mass is 9.93. The van der Waals surface area contributed by atoms with Crippen LogP contribution in [0.3, 0.4) is 0 Å². The number of fused-ring (bicyclic) bond motifs is 1. The Morgan fingerprint density at radius 1 is 1.10 bits per heavy atom. The maximum Gasteiger partial charge on any atom is 0.272 e. The van der Waals surface area contributed by atoms with Crippen molar-refractivity contribution < 1.29 is 14.3 Å². The Kier molecular flexibility index (Phi) is 5.09. The highest BCUT2D eigenvalue weighted by Gasteiger charge is 2.28. The number of aromatic nitrogens is 3. The van der Waals surface area contributed by atoms with E-state index < -0.39 is 0 Å². The predicted molar refractivity (Wildman–Crippen MR) is 111 cm³/mol. The van der Waals surface area contributed by atoms with E-state index in [2.05, 4.69) is 15.2 Å². The molecule has 1 amide bonds. The van der Waals surface area contributed by atoms with E-state index in [-0.39, 0.29) is 18.7 Å². The molecular weight excluding hydrogens is 380 g/mol. The van der Waals surface area contributed by atoms with Crippen LogP contribution in [0.15, 0.2) is 48.8 Å². The fourth-order valence-electron chi connectivity index (χ4n) is 4.24. The topological polar surface area (TPSA) is 80.3 Å². The average Bonchev–Trinajstić information content (AvgIpc) is 3.47. The van der Waals surface area contributed by atoms with Gasteiger partial charge < -0.3 is 14.4 Å². The molecule has 0 radical (unpaired) electrons. The molecule has 1 aliphatic carbocycles. The number of aromatic amines is 1. The molecule has 154 valence electrons. The van der Waals surface area contributed by atoms with Gasteiger partial charge in [0.05, 0.1) is 5.69 Å². The van der Waals surface area contributed by atoms with Crippen molar-refractivity contribution in [1.82, 2.24) is 20.1 Å². The first-order valence-electron chi connectivity index (χ1n) is 10.4. The number of benzene rings is 1. The summed E-state index contributed by atoms with van der Waals surface area (Å²) in [4.78, 5) is 19.7. The molecule has 1 aromatic carbocycles. The van der Waals surface area contributed by atoms with Crippen LogP contribution in [0.25, 0.3) is 11.3 Å². The highest BCUT2D eigenvalue weighted by Crippen LogP contribution is 2.35. The number of nitrogens with one attached hydrogen (secondary N) is 1. The van der Waals surface area contributed by atoms with Crippen molar-refractivity contribution in [3.63, 3.8) is 0 Å². The predicted octanol–water partition coefficient (Wildman–Crippen LogP) is 4.18. The van der Waals surface area contributed by atoms with Gasteiger partial charge in [0, 0.05) is 30.5 Å². The molecule has 0 bridgehead atoms. The molecule has 1 N–H and O–H groups in total. The van der Waals surface area contributed by atoms with Gasteiger partial charge in [-0.25, -0.2) is 0 Å². The largest absolute Gasteiger partial charge is 0.454 e. The van der Waals surface area contributed by atoms with Crippen LogP contribution in [0.4, 0.5) is 0 Å². The molecule has 1 fully saturated rings. The third-order valence-corrected chi connectivity index (χ3v) is 5.83. The Morgan fingerprint density at radius 2 is 1.97 bits per heavy atom. The molecule has 7 heteroatoms. The van der Waals surface area contributed by atoms with E-state index in [9.17, 15) is 4.79 Å². The van der Waals surface area contributed by atoms with Gasteiger partial charge in [0.2, 0.25) is 6.79 Å². The van der Waals surface area contributed by atoms with Gasteiger partial charge in [-0.05, 0) is 48.7 Å². The molecule has 2 aromatic heterocycles. The molecule has 0 atom stereocenters. The van der Waals surface area contributed by atoms with Gasteiger partial charge in [-0.2, -0.15) is 5.10 Å². The van der Waals surface area contributed by atoms with E-state index in [0.717, 1.165) is 42.6 Å². The fraction of sp³-hybridized carbons (Fsp3) is 0.348. The number of hydrogen-bond donors (Lipinski definition) is 1. The standard InChI is InChI=1S/C23H24N4O3/c28-23(27(18-6-2-1-3-7-18)14-16-5-4-10-24-13-16)20-12-19(25-26-20)17-8-9-21-22(11-17)30-15-29-21/h4-5,8-13,18H,1-3,6-7,14-15H2,(H,25,26). The molecular formula is C23H24N4O3. The van der Waals surface area contributed by atoms with Crippen molar-refractivity contribution in [2.24, 2.45) is 0 Å². The number of amides is 1. The summed E-state index contributed by atoms with van der Waals surface area (Å²) in [7, 11) is 0. The van der Waals surface area contributed by atoms with Crippen LogP contribution in [0, 0.1) is 0 Å². The summed E-state index contributed by atoms with van der Waals surface area (Å²) in [5, 5.41) is 7.33. The zero-order valence-electron chi connectivity index (χ0n) is 16.7. The number of pyridine rings is 1. The van der Waals surface area contributed by atoms with Gasteiger partial charge in [0.15, 0.2) is 11.5 Å². The van der Waals surface area contributed by atoms with Gasteiger partial charge in [0.1, 0.15) is 5.69 Å². The average molecular weight is 404 g/mol. The molecule has 30 heavy (non-hydrogen) atoms. The molecule has 2 aliphatic rings. The van der Waals surface area contributed by atoms with E-state index in [0.29, 0.717) is 23.7 Å². The summed E-state index contributed by atoms with van der Waals surface area (Å²) >= 11 is 0. The van der Waals surface area contributed by atoms with E-state index >= 15 is 0 Å². The molecule has 3 heterocycles. The maximum absolute atomic E-state index is 13.5. The van der Waals surface area contributed by atoms with E-state index in [1.54, 1.807) is 6.20 Å². The minimum atomic E-state index is -0.0229. The van der Waals surface area contributed by atoms with Gasteiger partial charge in [-0.3, -0.25) is 14.9 Å². The second-order valence-electron chi connectivity index (χ2n) is 7.82. The summed E-state index contributed by atoms with van der Waals surface area (Å²) in [5.74, 6) is 1.40. The summed E-state index contributed by atoms with van der Waals surface area (Å²) in [6, 6.07) is 11.7. The lowest BCUT2D eigenvalue weighted by Gasteiger charge is -2.34. The Morgan fingerprint density at radius 3 is 2.80 bits per heavy atom. The Balaban J connectivity index is 1.40. The van der Waals surface area contributed by atoms with Crippen molar-refractivity contribution in [2.45, 2.75) is 44.7 Å². The number of nitrogens with zero attached hydrogens (tertiary/aromatic N) is 3. The minimum Gasteiger partial charge on any atom is -0.454 e. The Labute approximate surface area is 175 Å². The van der Waals surface area contributed by atoms with Crippen LogP contribution in [0.2, 0.25) is 0 Å². The number of hydrogen-bond acceptors (Lipinski definition) is 5. The third kappa shape index (κ3) is 3.75. The first-order valence-corrected chi connectivity index (χ1v) is 10.4. The third-order valence-electron chi connectivity index (χ3n) is 5.83. The zero-order chi connectivity index (χ0) is 20.3. The molecule has 1 aliphatic heterocycles. The van der Waals surface area contributed by atoms with E-state index in [4.69, 9.17) is 9.47 Å². The molecule has 7 nitrogen and oxygen atoms in total. The van der Waals surface area contributed by atoms with Crippen LogP contribution < -0.4 is 9.47 Å². The Hall–Kier alpha value is -3.35. The highest BCUT2D eigenvalue weighted by atomic mass is 16.7. The second-order valence-corrected chi connectivity index (χ2v) is 7.82. The van der Waals surface area contributed by atoms with Gasteiger partial charge in [-0.1, -0.05) is 25.3 Å². The normalized spacial score (nSPS) is 15.9. The molecule has 0 saturated heterocycles. The lowest BCUT2D eigenvalue weighted by Crippen LogP contribution is -2.41. The van der Waals surface area contributed by atoms with Crippen molar-refractivity contribution >= 4 is 5.91 Å². The summed E-state index contributed by atoms with van der Waals surface area (Å²) in [5.41, 5.74) is 3.12. The van der Waals surface area contributed by atoms with E-state index in [1.165, 1.54) is 6.42 Å². The molecule has 0 spiro atoms. The van der Waals surface area contributed by atoms with E-state index in [1.807, 2.05) is 47.5 Å². The monoisotopic (exact) mass is 404 g/mol. The van der Waals surface area contributed by atoms with Crippen molar-refractivity contribution in [3.05, 3.63) is 60.0 Å². The smallest absolute Gasteiger partial charge is 0.272 e. The molecule has 1 saturated carbocycles. The number of rotatable bonds is 5. The summed E-state index contributed by atoms with van der Waals surface area (Å²) in [6.07, 6.45) is 9.21. The SMILES string of the molecule is O=C(c1cc(-c2ccc3c(c2)OCO3)n[nH]1)N(Cc1cccnc1)C1CCCCC1. The van der Waals surface area contributed by atoms with Gasteiger partial charge >= 0.3 is 0 Å². The first-order chi connectivity index (χ1) is 14.8. The number of carbonyl (C=O) groups excluding carboxylic acids is 1. The van der Waals surface area contributed by atoms with Crippen LogP contribution in [0.5, 0.6) is 11.5 Å². The first kappa shape index (κ1) is 18.7. The number of ether oxygens (including phenoxy) is 2. The van der Waals surface area contributed by atoms with Crippen molar-refractivity contribution in [3.8, 4) is 22.8 Å². The second kappa shape index (κ2) is 8.18. The van der Waals surface area contributed by atoms with Gasteiger partial charge in [-0.15, -0.1) is 0 Å². The molecule has 0 unspecified atom stereocenters. The fourth-order valence-corrected chi connectivity index (χ4v) is 4.24. The van der Waals surface area contributed by atoms with Crippen LogP contribution in [-0.2, 0) is 6.54 Å². The number of carbonyl (C=O) groups is 1. The molecule has 3 aromatic rings.